The van der Waals surface area contributed by atoms with Gasteiger partial charge in [-0.2, -0.15) is 0 Å². The maximum atomic E-state index is 12.5. The maximum Gasteiger partial charge on any atom is 0.318 e. The van der Waals surface area contributed by atoms with Gasteiger partial charge in [-0.1, -0.05) is 43.2 Å². The molecule has 110 valence electrons. The van der Waals surface area contributed by atoms with Crippen LogP contribution < -0.4 is 11.1 Å². The number of urea groups is 1. The van der Waals surface area contributed by atoms with E-state index in [1.54, 1.807) is 0 Å². The van der Waals surface area contributed by atoms with E-state index < -0.39 is 5.54 Å². The minimum atomic E-state index is -0.509. The minimum Gasteiger partial charge on any atom is -0.328 e. The third-order valence-corrected chi connectivity index (χ3v) is 4.10. The van der Waals surface area contributed by atoms with Crippen molar-refractivity contribution < 1.29 is 4.79 Å². The van der Waals surface area contributed by atoms with E-state index in [0.29, 0.717) is 6.54 Å². The zero-order chi connectivity index (χ0) is 14.4. The van der Waals surface area contributed by atoms with Crippen LogP contribution in [-0.2, 0) is 5.54 Å². The Kier molecular flexibility index (Phi) is 5.01. The van der Waals surface area contributed by atoms with Gasteiger partial charge in [0.2, 0.25) is 0 Å². The highest BCUT2D eigenvalue weighted by molar-refractivity contribution is 5.75. The van der Waals surface area contributed by atoms with E-state index in [0.717, 1.165) is 31.5 Å². The molecule has 1 saturated heterocycles. The fraction of sp³-hybridized carbons (Fsp3) is 0.562. The van der Waals surface area contributed by atoms with Crippen LogP contribution in [0.1, 0.15) is 38.2 Å². The van der Waals surface area contributed by atoms with Gasteiger partial charge in [-0.3, -0.25) is 0 Å². The molecule has 1 fully saturated rings. The quantitative estimate of drug-likeness (QED) is 0.890. The van der Waals surface area contributed by atoms with Crippen molar-refractivity contribution in [1.82, 2.24) is 10.2 Å². The zero-order valence-electron chi connectivity index (χ0n) is 12.3. The summed E-state index contributed by atoms with van der Waals surface area (Å²) in [6.45, 7) is 4.07. The lowest BCUT2D eigenvalue weighted by Gasteiger charge is -2.33. The Bertz CT molecular complexity index is 427. The van der Waals surface area contributed by atoms with Crippen LogP contribution in [0.5, 0.6) is 0 Å². The standard InChI is InChI=1S/C16H25N3O/c1-16(13-17,14-9-5-4-6-10-14)18-15(20)19-11-7-2-3-8-12-19/h4-6,9-10H,2-3,7-8,11-13,17H2,1H3,(H,18,20). The highest BCUT2D eigenvalue weighted by Gasteiger charge is 2.29. The Morgan fingerprint density at radius 1 is 1.20 bits per heavy atom. The number of nitrogens with zero attached hydrogens (tertiary/aromatic N) is 1. The average Bonchev–Trinajstić information content (AvgIpc) is 2.77. The number of nitrogens with one attached hydrogen (secondary N) is 1. The maximum absolute atomic E-state index is 12.5. The van der Waals surface area contributed by atoms with Gasteiger partial charge in [0, 0.05) is 19.6 Å². The van der Waals surface area contributed by atoms with E-state index in [-0.39, 0.29) is 6.03 Å². The van der Waals surface area contributed by atoms with Gasteiger partial charge < -0.3 is 16.0 Å². The molecule has 20 heavy (non-hydrogen) atoms. The Morgan fingerprint density at radius 3 is 2.35 bits per heavy atom. The lowest BCUT2D eigenvalue weighted by molar-refractivity contribution is 0.187. The molecule has 0 bridgehead atoms. The van der Waals surface area contributed by atoms with Crippen molar-refractivity contribution >= 4 is 6.03 Å². The summed E-state index contributed by atoms with van der Waals surface area (Å²) in [6.07, 6.45) is 4.63. The molecule has 1 aliphatic heterocycles. The van der Waals surface area contributed by atoms with Crippen molar-refractivity contribution in [3.05, 3.63) is 35.9 Å². The molecule has 0 spiro atoms. The van der Waals surface area contributed by atoms with Crippen molar-refractivity contribution in [2.75, 3.05) is 19.6 Å². The van der Waals surface area contributed by atoms with Crippen LogP contribution in [0.2, 0.25) is 0 Å². The minimum absolute atomic E-state index is 0.00343. The smallest absolute Gasteiger partial charge is 0.318 e. The number of amides is 2. The topological polar surface area (TPSA) is 58.4 Å². The molecule has 3 N–H and O–H groups in total. The van der Waals surface area contributed by atoms with Gasteiger partial charge in [-0.05, 0) is 25.3 Å². The van der Waals surface area contributed by atoms with Gasteiger partial charge in [0.1, 0.15) is 0 Å². The highest BCUT2D eigenvalue weighted by Crippen LogP contribution is 2.20. The molecular weight excluding hydrogens is 250 g/mol. The second-order valence-corrected chi connectivity index (χ2v) is 5.73. The monoisotopic (exact) mass is 275 g/mol. The molecule has 1 aromatic carbocycles. The SMILES string of the molecule is CC(CN)(NC(=O)N1CCCCCC1)c1ccccc1. The number of likely N-dealkylation sites (tertiary alicyclic amines) is 1. The number of hydrogen-bond donors (Lipinski definition) is 2. The van der Waals surface area contributed by atoms with Gasteiger partial charge in [-0.25, -0.2) is 4.79 Å². The van der Waals surface area contributed by atoms with Crippen molar-refractivity contribution in [3.63, 3.8) is 0 Å². The number of nitrogens with two attached hydrogens (primary N) is 1. The summed E-state index contributed by atoms with van der Waals surface area (Å²) in [5, 5.41) is 3.12. The highest BCUT2D eigenvalue weighted by atomic mass is 16.2. The van der Waals surface area contributed by atoms with E-state index in [2.05, 4.69) is 5.32 Å². The normalized spacial score (nSPS) is 19.0. The summed E-state index contributed by atoms with van der Waals surface area (Å²) in [5.74, 6) is 0. The molecule has 1 aromatic rings. The molecule has 4 nitrogen and oxygen atoms in total. The molecular formula is C16H25N3O. The molecule has 0 radical (unpaired) electrons. The lowest BCUT2D eigenvalue weighted by atomic mass is 9.92. The van der Waals surface area contributed by atoms with Crippen molar-refractivity contribution in [2.24, 2.45) is 5.73 Å². The third kappa shape index (κ3) is 3.51. The molecule has 1 heterocycles. The second kappa shape index (κ2) is 6.75. The molecule has 4 heteroatoms. The van der Waals surface area contributed by atoms with Crippen molar-refractivity contribution in [3.8, 4) is 0 Å². The Balaban J connectivity index is 2.07. The Hall–Kier alpha value is -1.55. The Morgan fingerprint density at radius 2 is 1.80 bits per heavy atom. The van der Waals surface area contributed by atoms with E-state index >= 15 is 0 Å². The molecule has 0 aliphatic carbocycles. The van der Waals surface area contributed by atoms with Crippen LogP contribution in [0, 0.1) is 0 Å². The second-order valence-electron chi connectivity index (χ2n) is 5.73. The van der Waals surface area contributed by atoms with Crippen LogP contribution in [0.15, 0.2) is 30.3 Å². The zero-order valence-corrected chi connectivity index (χ0v) is 12.3. The first-order valence-electron chi connectivity index (χ1n) is 7.48. The predicted molar refractivity (Wildman–Crippen MR) is 81.4 cm³/mol. The number of benzene rings is 1. The summed E-state index contributed by atoms with van der Waals surface area (Å²) in [6, 6.07) is 9.94. The van der Waals surface area contributed by atoms with Crippen LogP contribution in [0.3, 0.4) is 0 Å². The number of rotatable bonds is 3. The van der Waals surface area contributed by atoms with Crippen molar-refractivity contribution in [2.45, 2.75) is 38.1 Å². The number of carbonyl (C=O) groups excluding carboxylic acids is 1. The first kappa shape index (κ1) is 14.9. The largest absolute Gasteiger partial charge is 0.328 e. The lowest BCUT2D eigenvalue weighted by Crippen LogP contribution is -2.53. The van der Waals surface area contributed by atoms with Gasteiger partial charge in [0.25, 0.3) is 0 Å². The molecule has 1 unspecified atom stereocenters. The van der Waals surface area contributed by atoms with Crippen molar-refractivity contribution in [1.29, 1.82) is 0 Å². The average molecular weight is 275 g/mol. The molecule has 2 amide bonds. The summed E-state index contributed by atoms with van der Waals surface area (Å²) in [7, 11) is 0. The van der Waals surface area contributed by atoms with E-state index in [1.807, 2.05) is 42.2 Å². The van der Waals surface area contributed by atoms with E-state index in [9.17, 15) is 4.79 Å². The third-order valence-electron chi connectivity index (χ3n) is 4.10. The van der Waals surface area contributed by atoms with Gasteiger partial charge in [0.15, 0.2) is 0 Å². The fourth-order valence-corrected chi connectivity index (χ4v) is 2.64. The Labute approximate surface area is 121 Å². The molecule has 2 rings (SSSR count). The predicted octanol–water partition coefficient (Wildman–Crippen LogP) is 2.45. The number of carbonyl (C=O) groups is 1. The van der Waals surface area contributed by atoms with E-state index in [1.165, 1.54) is 12.8 Å². The molecule has 1 atom stereocenters. The number of hydrogen-bond acceptors (Lipinski definition) is 2. The first-order chi connectivity index (χ1) is 9.65. The van der Waals surface area contributed by atoms with Gasteiger partial charge >= 0.3 is 6.03 Å². The fourth-order valence-electron chi connectivity index (χ4n) is 2.64. The molecule has 0 saturated carbocycles. The molecule has 0 aromatic heterocycles. The summed E-state index contributed by atoms with van der Waals surface area (Å²) < 4.78 is 0. The molecule has 1 aliphatic rings. The van der Waals surface area contributed by atoms with Crippen LogP contribution in [0.4, 0.5) is 4.79 Å². The van der Waals surface area contributed by atoms with Crippen LogP contribution in [-0.4, -0.2) is 30.6 Å². The van der Waals surface area contributed by atoms with Gasteiger partial charge in [0.05, 0.1) is 5.54 Å². The van der Waals surface area contributed by atoms with Crippen LogP contribution >= 0.6 is 0 Å². The van der Waals surface area contributed by atoms with Crippen LogP contribution in [0.25, 0.3) is 0 Å². The summed E-state index contributed by atoms with van der Waals surface area (Å²) in [5.41, 5.74) is 6.45. The van der Waals surface area contributed by atoms with E-state index in [4.69, 9.17) is 5.73 Å². The summed E-state index contributed by atoms with van der Waals surface area (Å²) >= 11 is 0. The first-order valence-corrected chi connectivity index (χ1v) is 7.48. The summed E-state index contributed by atoms with van der Waals surface area (Å²) in [4.78, 5) is 14.4. The van der Waals surface area contributed by atoms with Gasteiger partial charge in [-0.15, -0.1) is 0 Å².